The minimum atomic E-state index is -3.93. The second-order valence-electron chi connectivity index (χ2n) is 4.92. The van der Waals surface area contributed by atoms with Crippen LogP contribution in [0.15, 0.2) is 33.7 Å². The first-order valence-electron chi connectivity index (χ1n) is 6.28. The molecular weight excluding hydrogens is 278 g/mol. The summed E-state index contributed by atoms with van der Waals surface area (Å²) in [4.78, 5) is -0.00699. The molecule has 0 atom stereocenters. The van der Waals surface area contributed by atoms with Crippen LogP contribution >= 0.6 is 0 Å². The van der Waals surface area contributed by atoms with Gasteiger partial charge in [0.15, 0.2) is 10.7 Å². The van der Waals surface area contributed by atoms with Crippen molar-refractivity contribution in [2.45, 2.75) is 38.5 Å². The summed E-state index contributed by atoms with van der Waals surface area (Å²) < 4.78 is 34.6. The maximum absolute atomic E-state index is 12.3. The van der Waals surface area contributed by atoms with E-state index in [4.69, 9.17) is 8.71 Å². The minimum absolute atomic E-state index is 0.00699. The second kappa shape index (κ2) is 5.28. The Labute approximate surface area is 118 Å². The highest BCUT2D eigenvalue weighted by Crippen LogP contribution is 2.26. The molecule has 0 aliphatic carbocycles. The van der Waals surface area contributed by atoms with Crippen LogP contribution in [0.25, 0.3) is 0 Å². The van der Waals surface area contributed by atoms with Gasteiger partial charge in [-0.15, -0.1) is 0 Å². The highest BCUT2D eigenvalue weighted by Gasteiger charge is 2.26. The number of rotatable bonds is 4. The number of nitrogens with zero attached hydrogens (tertiary/aromatic N) is 1. The lowest BCUT2D eigenvalue weighted by Gasteiger charge is -2.09. The lowest BCUT2D eigenvalue weighted by atomic mass is 10.0. The second-order valence-corrected chi connectivity index (χ2v) is 6.40. The van der Waals surface area contributed by atoms with E-state index >= 15 is 0 Å². The summed E-state index contributed by atoms with van der Waals surface area (Å²) in [6, 6.07) is 7.04. The number of hydrogen-bond donors (Lipinski definition) is 0. The Kier molecular flexibility index (Phi) is 3.85. The predicted octanol–water partition coefficient (Wildman–Crippen LogP) is 3.18. The van der Waals surface area contributed by atoms with Crippen LogP contribution in [0.2, 0.25) is 0 Å². The monoisotopic (exact) mass is 295 g/mol. The fourth-order valence-electron chi connectivity index (χ4n) is 1.93. The molecule has 0 saturated carbocycles. The van der Waals surface area contributed by atoms with E-state index in [1.807, 2.05) is 19.9 Å². The molecule has 0 bridgehead atoms. The summed E-state index contributed by atoms with van der Waals surface area (Å²) >= 11 is 0. The maximum Gasteiger partial charge on any atom is 0.344 e. The fourth-order valence-corrected chi connectivity index (χ4v) is 3.15. The summed E-state index contributed by atoms with van der Waals surface area (Å²) in [5.74, 6) is 0.805. The normalized spacial score (nSPS) is 11.8. The molecule has 2 rings (SSSR count). The van der Waals surface area contributed by atoms with Gasteiger partial charge < -0.3 is 8.71 Å². The first-order valence-corrected chi connectivity index (χ1v) is 7.69. The van der Waals surface area contributed by atoms with Gasteiger partial charge in [-0.05, 0) is 37.5 Å². The van der Waals surface area contributed by atoms with Crippen molar-refractivity contribution >= 4 is 10.1 Å². The molecule has 0 N–H and O–H groups in total. The number of aromatic nitrogens is 1. The molecule has 0 aliphatic heterocycles. The average molecular weight is 295 g/mol. The van der Waals surface area contributed by atoms with Gasteiger partial charge in [0, 0.05) is 0 Å². The summed E-state index contributed by atoms with van der Waals surface area (Å²) in [6.45, 7) is 7.17. The molecular formula is C14H17NO4S. The summed E-state index contributed by atoms with van der Waals surface area (Å²) in [5, 5.41) is 3.64. The van der Waals surface area contributed by atoms with Gasteiger partial charge in [0.2, 0.25) is 0 Å². The smallest absolute Gasteiger partial charge is 0.344 e. The van der Waals surface area contributed by atoms with Crippen molar-refractivity contribution in [3.8, 4) is 5.75 Å². The third-order valence-corrected chi connectivity index (χ3v) is 4.44. The molecule has 0 fully saturated rings. The number of hydrogen-bond acceptors (Lipinski definition) is 5. The molecule has 0 spiro atoms. The lowest BCUT2D eigenvalue weighted by Crippen LogP contribution is -2.11. The van der Waals surface area contributed by atoms with Crippen molar-refractivity contribution < 1.29 is 17.1 Å². The molecule has 0 radical (unpaired) electrons. The zero-order chi connectivity index (χ0) is 14.9. The first-order chi connectivity index (χ1) is 9.31. The van der Waals surface area contributed by atoms with Crippen LogP contribution in [0.1, 0.15) is 36.8 Å². The largest absolute Gasteiger partial charge is 0.379 e. The molecule has 1 heterocycles. The lowest BCUT2D eigenvalue weighted by molar-refractivity contribution is 0.389. The van der Waals surface area contributed by atoms with Crippen LogP contribution in [0, 0.1) is 13.8 Å². The minimum Gasteiger partial charge on any atom is -0.379 e. The third-order valence-electron chi connectivity index (χ3n) is 2.95. The van der Waals surface area contributed by atoms with Crippen LogP contribution in [0.3, 0.4) is 0 Å². The standard InChI is InChI=1S/C14H17NO4S/c1-9(2)12-6-5-7-13(8-12)19-20(16,17)14-10(3)15-18-11(14)4/h5-9H,1-4H3. The van der Waals surface area contributed by atoms with Gasteiger partial charge >= 0.3 is 10.1 Å². The van der Waals surface area contributed by atoms with Crippen LogP contribution in [0.5, 0.6) is 5.75 Å². The van der Waals surface area contributed by atoms with Crippen molar-refractivity contribution in [1.82, 2.24) is 5.16 Å². The Balaban J connectivity index is 2.36. The zero-order valence-electron chi connectivity index (χ0n) is 11.9. The van der Waals surface area contributed by atoms with Gasteiger partial charge in [-0.2, -0.15) is 8.42 Å². The molecule has 0 saturated heterocycles. The number of benzene rings is 1. The van der Waals surface area contributed by atoms with E-state index in [1.165, 1.54) is 0 Å². The molecule has 5 nitrogen and oxygen atoms in total. The van der Waals surface area contributed by atoms with Crippen molar-refractivity contribution in [2.24, 2.45) is 0 Å². The predicted molar refractivity (Wildman–Crippen MR) is 74.3 cm³/mol. The first kappa shape index (κ1) is 14.6. The highest BCUT2D eigenvalue weighted by molar-refractivity contribution is 7.87. The van der Waals surface area contributed by atoms with Crippen LogP contribution in [0.4, 0.5) is 0 Å². The van der Waals surface area contributed by atoms with E-state index in [0.29, 0.717) is 11.6 Å². The van der Waals surface area contributed by atoms with Gasteiger partial charge in [-0.25, -0.2) is 0 Å². The molecule has 0 aliphatic rings. The van der Waals surface area contributed by atoms with E-state index in [9.17, 15) is 8.42 Å². The Morgan fingerprint density at radius 1 is 1.25 bits per heavy atom. The molecule has 1 aromatic carbocycles. The zero-order valence-corrected chi connectivity index (χ0v) is 12.7. The van der Waals surface area contributed by atoms with E-state index < -0.39 is 10.1 Å². The highest BCUT2D eigenvalue weighted by atomic mass is 32.2. The van der Waals surface area contributed by atoms with Gasteiger partial charge in [0.25, 0.3) is 0 Å². The van der Waals surface area contributed by atoms with Crippen molar-refractivity contribution in [2.75, 3.05) is 0 Å². The topological polar surface area (TPSA) is 69.4 Å². The molecule has 20 heavy (non-hydrogen) atoms. The van der Waals surface area contributed by atoms with Crippen LogP contribution in [-0.2, 0) is 10.1 Å². The Morgan fingerprint density at radius 3 is 2.50 bits per heavy atom. The summed E-state index contributed by atoms with van der Waals surface area (Å²) in [7, 11) is -3.93. The fraction of sp³-hybridized carbons (Fsp3) is 0.357. The average Bonchev–Trinajstić information content (AvgIpc) is 2.69. The third kappa shape index (κ3) is 2.85. The van der Waals surface area contributed by atoms with E-state index in [0.717, 1.165) is 5.56 Å². The van der Waals surface area contributed by atoms with Gasteiger partial charge in [-0.3, -0.25) is 0 Å². The number of aryl methyl sites for hydroxylation is 2. The van der Waals surface area contributed by atoms with Gasteiger partial charge in [0.05, 0.1) is 0 Å². The molecule has 2 aromatic rings. The van der Waals surface area contributed by atoms with E-state index in [1.54, 1.807) is 32.0 Å². The SMILES string of the molecule is Cc1noc(C)c1S(=O)(=O)Oc1cccc(C(C)C)c1. The van der Waals surface area contributed by atoms with E-state index in [2.05, 4.69) is 5.16 Å². The van der Waals surface area contributed by atoms with Crippen LogP contribution in [-0.4, -0.2) is 13.6 Å². The van der Waals surface area contributed by atoms with Gasteiger partial charge in [0.1, 0.15) is 11.4 Å². The Morgan fingerprint density at radius 2 is 1.95 bits per heavy atom. The van der Waals surface area contributed by atoms with E-state index in [-0.39, 0.29) is 16.4 Å². The molecule has 6 heteroatoms. The van der Waals surface area contributed by atoms with Gasteiger partial charge in [-0.1, -0.05) is 31.1 Å². The Hall–Kier alpha value is -1.82. The molecule has 1 aromatic heterocycles. The summed E-state index contributed by atoms with van der Waals surface area (Å²) in [6.07, 6.45) is 0. The van der Waals surface area contributed by atoms with Crippen molar-refractivity contribution in [3.05, 3.63) is 41.3 Å². The van der Waals surface area contributed by atoms with Crippen LogP contribution < -0.4 is 4.18 Å². The quantitative estimate of drug-likeness (QED) is 0.810. The maximum atomic E-state index is 12.3. The Bertz CT molecular complexity index is 697. The summed E-state index contributed by atoms with van der Waals surface area (Å²) in [5.41, 5.74) is 1.30. The molecule has 0 amide bonds. The molecule has 108 valence electrons. The van der Waals surface area contributed by atoms with Crippen molar-refractivity contribution in [3.63, 3.8) is 0 Å². The molecule has 0 unspecified atom stereocenters. The van der Waals surface area contributed by atoms with Crippen molar-refractivity contribution in [1.29, 1.82) is 0 Å².